The van der Waals surface area contributed by atoms with Gasteiger partial charge >= 0.3 is 0 Å². The molecule has 1 saturated heterocycles. The highest BCUT2D eigenvalue weighted by molar-refractivity contribution is 6.31. The van der Waals surface area contributed by atoms with Crippen LogP contribution in [-0.2, 0) is 9.59 Å². The smallest absolute Gasteiger partial charge is 0.248 e. The van der Waals surface area contributed by atoms with E-state index < -0.39 is 11.8 Å². The number of rotatable bonds is 4. The van der Waals surface area contributed by atoms with Crippen molar-refractivity contribution in [2.24, 2.45) is 11.7 Å². The number of hydrogen-bond donors (Lipinski definition) is 2. The van der Waals surface area contributed by atoms with E-state index in [1.807, 2.05) is 0 Å². The van der Waals surface area contributed by atoms with Crippen molar-refractivity contribution in [3.8, 4) is 0 Å². The van der Waals surface area contributed by atoms with Crippen molar-refractivity contribution in [1.29, 1.82) is 0 Å². The first-order valence-corrected chi connectivity index (χ1v) is 8.08. The number of anilines is 2. The maximum absolute atomic E-state index is 12.4. The SMILES string of the molecule is NC(=O)c1ccc(NC(=O)C2CC(=O)N(c3cccc(Cl)c3)C2)cc1. The number of nitrogens with two attached hydrogens (primary N) is 1. The Balaban J connectivity index is 1.67. The number of amides is 3. The van der Waals surface area contributed by atoms with Crippen molar-refractivity contribution in [3.63, 3.8) is 0 Å². The highest BCUT2D eigenvalue weighted by Gasteiger charge is 2.35. The number of hydrogen-bond acceptors (Lipinski definition) is 3. The molecule has 0 radical (unpaired) electrons. The molecule has 1 fully saturated rings. The zero-order chi connectivity index (χ0) is 18.0. The molecule has 0 saturated carbocycles. The number of nitrogens with one attached hydrogen (secondary N) is 1. The summed E-state index contributed by atoms with van der Waals surface area (Å²) in [5, 5.41) is 3.29. The van der Waals surface area contributed by atoms with Crippen molar-refractivity contribution < 1.29 is 14.4 Å². The van der Waals surface area contributed by atoms with E-state index in [-0.39, 0.29) is 18.2 Å². The molecule has 2 aromatic carbocycles. The molecule has 1 aliphatic heterocycles. The second-order valence-corrected chi connectivity index (χ2v) is 6.25. The molecule has 1 heterocycles. The zero-order valence-electron chi connectivity index (χ0n) is 13.2. The number of primary amides is 1. The molecule has 1 unspecified atom stereocenters. The summed E-state index contributed by atoms with van der Waals surface area (Å²) < 4.78 is 0. The lowest BCUT2D eigenvalue weighted by atomic mass is 10.1. The quantitative estimate of drug-likeness (QED) is 0.880. The van der Waals surface area contributed by atoms with E-state index in [1.54, 1.807) is 41.3 Å². The lowest BCUT2D eigenvalue weighted by Gasteiger charge is -2.17. The van der Waals surface area contributed by atoms with Crippen LogP contribution in [0.1, 0.15) is 16.8 Å². The average molecular weight is 358 g/mol. The highest BCUT2D eigenvalue weighted by Crippen LogP contribution is 2.27. The molecular formula is C18H16ClN3O3. The molecule has 2 aromatic rings. The van der Waals surface area contributed by atoms with Gasteiger partial charge in [-0.05, 0) is 42.5 Å². The monoisotopic (exact) mass is 357 g/mol. The summed E-state index contributed by atoms with van der Waals surface area (Å²) in [6.07, 6.45) is 0.137. The van der Waals surface area contributed by atoms with Crippen LogP contribution in [0.3, 0.4) is 0 Å². The maximum Gasteiger partial charge on any atom is 0.248 e. The largest absolute Gasteiger partial charge is 0.366 e. The number of halogens is 1. The second kappa shape index (κ2) is 6.94. The van der Waals surface area contributed by atoms with Crippen LogP contribution in [0.25, 0.3) is 0 Å². The number of benzene rings is 2. The molecule has 7 heteroatoms. The molecule has 0 aliphatic carbocycles. The van der Waals surface area contributed by atoms with Gasteiger partial charge in [0, 0.05) is 34.9 Å². The molecular weight excluding hydrogens is 342 g/mol. The Hall–Kier alpha value is -2.86. The van der Waals surface area contributed by atoms with Gasteiger partial charge in [-0.3, -0.25) is 14.4 Å². The van der Waals surface area contributed by atoms with E-state index in [0.717, 1.165) is 0 Å². The lowest BCUT2D eigenvalue weighted by Crippen LogP contribution is -2.28. The molecule has 1 atom stereocenters. The molecule has 3 N–H and O–H groups in total. The predicted molar refractivity (Wildman–Crippen MR) is 95.5 cm³/mol. The third kappa shape index (κ3) is 3.80. The van der Waals surface area contributed by atoms with Gasteiger partial charge in [-0.1, -0.05) is 17.7 Å². The van der Waals surface area contributed by atoms with Crippen LogP contribution in [0.4, 0.5) is 11.4 Å². The van der Waals surface area contributed by atoms with Gasteiger partial charge in [0.05, 0.1) is 5.92 Å². The molecule has 128 valence electrons. The van der Waals surface area contributed by atoms with Gasteiger partial charge in [0.15, 0.2) is 0 Å². The topological polar surface area (TPSA) is 92.5 Å². The van der Waals surface area contributed by atoms with Crippen molar-refractivity contribution >= 4 is 40.7 Å². The minimum Gasteiger partial charge on any atom is -0.366 e. The minimum atomic E-state index is -0.531. The van der Waals surface area contributed by atoms with Gasteiger partial charge in [-0.2, -0.15) is 0 Å². The van der Waals surface area contributed by atoms with Crippen LogP contribution in [-0.4, -0.2) is 24.3 Å². The molecule has 25 heavy (non-hydrogen) atoms. The molecule has 0 aromatic heterocycles. The van der Waals surface area contributed by atoms with E-state index in [0.29, 0.717) is 28.5 Å². The third-order valence-corrected chi connectivity index (χ3v) is 4.29. The van der Waals surface area contributed by atoms with Crippen LogP contribution >= 0.6 is 11.6 Å². The summed E-state index contributed by atoms with van der Waals surface area (Å²) in [6.45, 7) is 0.296. The first-order valence-electron chi connectivity index (χ1n) is 7.70. The fraction of sp³-hybridized carbons (Fsp3) is 0.167. The van der Waals surface area contributed by atoms with E-state index in [2.05, 4.69) is 5.32 Å². The van der Waals surface area contributed by atoms with Gasteiger partial charge < -0.3 is 16.0 Å². The van der Waals surface area contributed by atoms with Crippen molar-refractivity contribution in [1.82, 2.24) is 0 Å². The lowest BCUT2D eigenvalue weighted by molar-refractivity contribution is -0.122. The fourth-order valence-electron chi connectivity index (χ4n) is 2.74. The Labute approximate surface area is 149 Å². The predicted octanol–water partition coefficient (Wildman–Crippen LogP) is 2.43. The molecule has 0 spiro atoms. The Morgan fingerprint density at radius 2 is 1.88 bits per heavy atom. The summed E-state index contributed by atoms with van der Waals surface area (Å²) in [7, 11) is 0. The van der Waals surface area contributed by atoms with Gasteiger partial charge in [-0.25, -0.2) is 0 Å². The van der Waals surface area contributed by atoms with E-state index in [9.17, 15) is 14.4 Å². The fourth-order valence-corrected chi connectivity index (χ4v) is 2.92. The van der Waals surface area contributed by atoms with Crippen molar-refractivity contribution in [2.45, 2.75) is 6.42 Å². The Morgan fingerprint density at radius 3 is 2.52 bits per heavy atom. The first kappa shape index (κ1) is 17.0. The van der Waals surface area contributed by atoms with E-state index in [1.165, 1.54) is 12.1 Å². The molecule has 6 nitrogen and oxygen atoms in total. The summed E-state index contributed by atoms with van der Waals surface area (Å²) in [5.41, 5.74) is 6.77. The van der Waals surface area contributed by atoms with Crippen LogP contribution in [0.5, 0.6) is 0 Å². The summed E-state index contributed by atoms with van der Waals surface area (Å²) >= 11 is 5.96. The van der Waals surface area contributed by atoms with Gasteiger partial charge in [0.2, 0.25) is 17.7 Å². The van der Waals surface area contributed by atoms with Gasteiger partial charge in [0.1, 0.15) is 0 Å². The van der Waals surface area contributed by atoms with Crippen LogP contribution in [0.15, 0.2) is 48.5 Å². The Kier molecular flexibility index (Phi) is 4.72. The summed E-state index contributed by atoms with van der Waals surface area (Å²) in [4.78, 5) is 37.3. The maximum atomic E-state index is 12.4. The standard InChI is InChI=1S/C18H16ClN3O3/c19-13-2-1-3-15(9-13)22-10-12(8-16(22)23)18(25)21-14-6-4-11(5-7-14)17(20)24/h1-7,9,12H,8,10H2,(H2,20,24)(H,21,25). The van der Waals surface area contributed by atoms with Crippen LogP contribution < -0.4 is 16.0 Å². The highest BCUT2D eigenvalue weighted by atomic mass is 35.5. The normalized spacial score (nSPS) is 16.8. The van der Waals surface area contributed by atoms with Crippen molar-refractivity contribution in [3.05, 3.63) is 59.1 Å². The van der Waals surface area contributed by atoms with E-state index >= 15 is 0 Å². The number of nitrogens with zero attached hydrogens (tertiary/aromatic N) is 1. The Bertz CT molecular complexity index is 836. The van der Waals surface area contributed by atoms with Crippen molar-refractivity contribution in [2.75, 3.05) is 16.8 Å². The van der Waals surface area contributed by atoms with Crippen LogP contribution in [0.2, 0.25) is 5.02 Å². The van der Waals surface area contributed by atoms with E-state index in [4.69, 9.17) is 17.3 Å². The third-order valence-electron chi connectivity index (χ3n) is 4.05. The number of carbonyl (C=O) groups excluding carboxylic acids is 3. The minimum absolute atomic E-state index is 0.119. The molecule has 3 rings (SSSR count). The zero-order valence-corrected chi connectivity index (χ0v) is 14.0. The second-order valence-electron chi connectivity index (χ2n) is 5.82. The van der Waals surface area contributed by atoms with Gasteiger partial charge in [-0.15, -0.1) is 0 Å². The summed E-state index contributed by atoms with van der Waals surface area (Å²) in [6, 6.07) is 13.2. The van der Waals surface area contributed by atoms with Crippen LogP contribution in [0, 0.1) is 5.92 Å². The molecule has 3 amide bonds. The summed E-state index contributed by atoms with van der Waals surface area (Å²) in [5.74, 6) is -1.35. The average Bonchev–Trinajstić information content (AvgIpc) is 2.97. The first-order chi connectivity index (χ1) is 11.9. The Morgan fingerprint density at radius 1 is 1.16 bits per heavy atom. The van der Waals surface area contributed by atoms with Gasteiger partial charge in [0.25, 0.3) is 0 Å². The number of carbonyl (C=O) groups is 3. The molecule has 1 aliphatic rings. The molecule has 0 bridgehead atoms.